The van der Waals surface area contributed by atoms with E-state index in [2.05, 4.69) is 55.7 Å². The van der Waals surface area contributed by atoms with Crippen LogP contribution in [0, 0.1) is 6.92 Å². The van der Waals surface area contributed by atoms with Crippen molar-refractivity contribution in [2.24, 2.45) is 0 Å². The fourth-order valence-corrected chi connectivity index (χ4v) is 3.94. The van der Waals surface area contributed by atoms with E-state index in [1.807, 2.05) is 24.3 Å². The van der Waals surface area contributed by atoms with Crippen LogP contribution in [0.5, 0.6) is 5.75 Å². The summed E-state index contributed by atoms with van der Waals surface area (Å²) in [6, 6.07) is 14.3. The normalized spacial score (nSPS) is 16.7. The maximum atomic E-state index is 10.5. The predicted molar refractivity (Wildman–Crippen MR) is 121 cm³/mol. The topological polar surface area (TPSA) is 35.9 Å². The minimum atomic E-state index is -0.512. The lowest BCUT2D eigenvalue weighted by Gasteiger charge is -2.37. The molecule has 4 nitrogen and oxygen atoms in total. The van der Waals surface area contributed by atoms with Gasteiger partial charge in [0.15, 0.2) is 0 Å². The summed E-state index contributed by atoms with van der Waals surface area (Å²) < 4.78 is 6.02. The number of β-amino-alcohol motifs (C(OH)–C–C–N with tert-alkyl or cyclic N) is 1. The molecule has 1 aliphatic rings. The molecule has 0 radical (unpaired) electrons. The number of aryl methyl sites for hydroxylation is 1. The van der Waals surface area contributed by atoms with Gasteiger partial charge in [-0.3, -0.25) is 4.90 Å². The monoisotopic (exact) mass is 416 g/mol. The average Bonchev–Trinajstić information content (AvgIpc) is 2.67. The summed E-state index contributed by atoms with van der Waals surface area (Å²) in [4.78, 5) is 4.64. The number of rotatable bonds is 6. The van der Waals surface area contributed by atoms with E-state index >= 15 is 0 Å². The third-order valence-electron chi connectivity index (χ3n) is 5.39. The van der Waals surface area contributed by atoms with Gasteiger partial charge in [0, 0.05) is 43.4 Å². The number of hydrogen-bond acceptors (Lipinski definition) is 4. The molecule has 0 unspecified atom stereocenters. The molecule has 0 amide bonds. The zero-order valence-corrected chi connectivity index (χ0v) is 18.7. The van der Waals surface area contributed by atoms with Gasteiger partial charge in [-0.15, -0.1) is 0 Å². The molecule has 0 spiro atoms. The van der Waals surface area contributed by atoms with Crippen molar-refractivity contribution in [3.05, 3.63) is 58.6 Å². The van der Waals surface area contributed by atoms with Gasteiger partial charge < -0.3 is 14.7 Å². The highest BCUT2D eigenvalue weighted by Crippen LogP contribution is 2.32. The molecule has 5 heteroatoms. The molecule has 158 valence electrons. The van der Waals surface area contributed by atoms with Crippen molar-refractivity contribution >= 4 is 17.3 Å². The highest BCUT2D eigenvalue weighted by atomic mass is 35.5. The van der Waals surface area contributed by atoms with Gasteiger partial charge in [0.25, 0.3) is 0 Å². The van der Waals surface area contributed by atoms with E-state index in [4.69, 9.17) is 16.3 Å². The summed E-state index contributed by atoms with van der Waals surface area (Å²) in [6.07, 6.45) is -0.512. The Hall–Kier alpha value is -1.75. The lowest BCUT2D eigenvalue weighted by atomic mass is 9.85. The van der Waals surface area contributed by atoms with Crippen LogP contribution in [0.15, 0.2) is 42.5 Å². The summed E-state index contributed by atoms with van der Waals surface area (Å²) in [7, 11) is 0. The molecule has 3 rings (SSSR count). The van der Waals surface area contributed by atoms with Crippen LogP contribution in [0.1, 0.15) is 31.9 Å². The first kappa shape index (κ1) is 21.9. The lowest BCUT2D eigenvalue weighted by molar-refractivity contribution is 0.0656. The van der Waals surface area contributed by atoms with E-state index in [-0.39, 0.29) is 5.41 Å². The van der Waals surface area contributed by atoms with Crippen molar-refractivity contribution in [2.45, 2.75) is 39.2 Å². The van der Waals surface area contributed by atoms with Crippen molar-refractivity contribution in [1.82, 2.24) is 4.90 Å². The van der Waals surface area contributed by atoms with E-state index in [1.165, 1.54) is 11.1 Å². The molecule has 1 heterocycles. The first-order valence-corrected chi connectivity index (χ1v) is 10.7. The van der Waals surface area contributed by atoms with Crippen molar-refractivity contribution in [1.29, 1.82) is 0 Å². The fraction of sp³-hybridized carbons (Fsp3) is 0.500. The van der Waals surface area contributed by atoms with Gasteiger partial charge in [-0.05, 0) is 42.2 Å². The largest absolute Gasteiger partial charge is 0.491 e. The Morgan fingerprint density at radius 2 is 1.79 bits per heavy atom. The van der Waals surface area contributed by atoms with Crippen LogP contribution in [0.25, 0.3) is 0 Å². The molecule has 1 fully saturated rings. The van der Waals surface area contributed by atoms with E-state index in [0.717, 1.165) is 42.6 Å². The van der Waals surface area contributed by atoms with E-state index in [0.29, 0.717) is 13.2 Å². The van der Waals surface area contributed by atoms with Crippen molar-refractivity contribution in [3.8, 4) is 5.75 Å². The lowest BCUT2D eigenvalue weighted by Crippen LogP contribution is -2.49. The van der Waals surface area contributed by atoms with E-state index in [9.17, 15) is 5.11 Å². The number of piperazine rings is 1. The number of hydrogen-bond donors (Lipinski definition) is 1. The molecule has 0 saturated carbocycles. The maximum absolute atomic E-state index is 10.5. The number of aliphatic hydroxyl groups excluding tert-OH is 1. The van der Waals surface area contributed by atoms with Crippen molar-refractivity contribution in [2.75, 3.05) is 44.2 Å². The second-order valence-electron chi connectivity index (χ2n) is 8.98. The molecule has 0 aromatic heterocycles. The van der Waals surface area contributed by atoms with Crippen LogP contribution >= 0.6 is 11.6 Å². The van der Waals surface area contributed by atoms with Gasteiger partial charge in [0.05, 0.1) is 0 Å². The Morgan fingerprint density at radius 3 is 2.45 bits per heavy atom. The summed E-state index contributed by atoms with van der Waals surface area (Å²) in [6.45, 7) is 13.3. The summed E-state index contributed by atoms with van der Waals surface area (Å²) >= 11 is 6.11. The fourth-order valence-electron chi connectivity index (χ4n) is 3.75. The second kappa shape index (κ2) is 9.38. The number of benzene rings is 2. The summed E-state index contributed by atoms with van der Waals surface area (Å²) in [5.41, 5.74) is 3.57. The van der Waals surface area contributed by atoms with Gasteiger partial charge in [-0.1, -0.05) is 56.1 Å². The number of ether oxygens (including phenoxy) is 1. The molecule has 1 aliphatic heterocycles. The maximum Gasteiger partial charge on any atom is 0.123 e. The Balaban J connectivity index is 1.49. The highest BCUT2D eigenvalue weighted by Gasteiger charge is 2.22. The van der Waals surface area contributed by atoms with Crippen molar-refractivity contribution in [3.63, 3.8) is 0 Å². The Labute approximate surface area is 180 Å². The van der Waals surface area contributed by atoms with Crippen LogP contribution in [-0.2, 0) is 5.41 Å². The number of anilines is 1. The minimum absolute atomic E-state index is 0.00295. The van der Waals surface area contributed by atoms with E-state index in [1.54, 1.807) is 0 Å². The van der Waals surface area contributed by atoms with Gasteiger partial charge in [-0.25, -0.2) is 0 Å². The van der Waals surface area contributed by atoms with Crippen LogP contribution in [-0.4, -0.2) is 55.4 Å². The molecule has 0 aliphatic carbocycles. The molecule has 2 aromatic carbocycles. The van der Waals surface area contributed by atoms with E-state index < -0.39 is 6.10 Å². The molecule has 1 atom stereocenters. The molecule has 29 heavy (non-hydrogen) atoms. The zero-order valence-electron chi connectivity index (χ0n) is 18.0. The quantitative estimate of drug-likeness (QED) is 0.751. The van der Waals surface area contributed by atoms with Gasteiger partial charge in [0.1, 0.15) is 18.5 Å². The number of halogens is 1. The van der Waals surface area contributed by atoms with Crippen LogP contribution < -0.4 is 9.64 Å². The third kappa shape index (κ3) is 6.11. The van der Waals surface area contributed by atoms with Crippen LogP contribution in [0.4, 0.5) is 5.69 Å². The third-order valence-corrected chi connectivity index (χ3v) is 5.62. The molecule has 2 aromatic rings. The molecule has 1 saturated heterocycles. The first-order valence-electron chi connectivity index (χ1n) is 10.4. The predicted octanol–water partition coefficient (Wildman–Crippen LogP) is 4.51. The summed E-state index contributed by atoms with van der Waals surface area (Å²) in [5, 5.41) is 11.3. The van der Waals surface area contributed by atoms with Gasteiger partial charge >= 0.3 is 0 Å². The second-order valence-corrected chi connectivity index (χ2v) is 9.42. The van der Waals surface area contributed by atoms with Crippen LogP contribution in [0.2, 0.25) is 5.02 Å². The molecular formula is C24H33ClN2O2. The average molecular weight is 417 g/mol. The molecule has 1 N–H and O–H groups in total. The van der Waals surface area contributed by atoms with Gasteiger partial charge in [0.2, 0.25) is 0 Å². The zero-order chi connectivity index (χ0) is 21.0. The molecule has 0 bridgehead atoms. The van der Waals surface area contributed by atoms with Crippen LogP contribution in [0.3, 0.4) is 0 Å². The summed E-state index contributed by atoms with van der Waals surface area (Å²) in [5.74, 6) is 0.868. The SMILES string of the molecule is Cc1ccc(OC[C@H](O)CN2CCN(c3cccc(Cl)c3)CC2)c(C(C)(C)C)c1. The smallest absolute Gasteiger partial charge is 0.123 e. The van der Waals surface area contributed by atoms with Crippen molar-refractivity contribution < 1.29 is 9.84 Å². The van der Waals surface area contributed by atoms with Gasteiger partial charge in [-0.2, -0.15) is 0 Å². The minimum Gasteiger partial charge on any atom is -0.491 e. The first-order chi connectivity index (χ1) is 13.7. The standard InChI is InChI=1S/C24H33ClN2O2/c1-18-8-9-23(22(14-18)24(2,3)4)29-17-21(28)16-26-10-12-27(13-11-26)20-7-5-6-19(25)15-20/h5-9,14-15,21,28H,10-13,16-17H2,1-4H3/t21-/m1/s1. The highest BCUT2D eigenvalue weighted by molar-refractivity contribution is 6.30. The Morgan fingerprint density at radius 1 is 1.07 bits per heavy atom. The number of nitrogens with zero attached hydrogens (tertiary/aromatic N) is 2. The molecular weight excluding hydrogens is 384 g/mol. The Kier molecular flexibility index (Phi) is 7.10. The number of aliphatic hydroxyl groups is 1. The Bertz CT molecular complexity index is 811.